The molecule has 0 aliphatic heterocycles. The largest absolute Gasteiger partial charge is 0.507 e. The smallest absolute Gasteiger partial charge is 0.125 e. The molecule has 0 saturated carbocycles. The van der Waals surface area contributed by atoms with Crippen molar-refractivity contribution in [1.29, 1.82) is 0 Å². The molecule has 3 aromatic rings. The molecule has 1 aromatic heterocycles. The number of nitrogens with one attached hydrogen (secondary N) is 2. The summed E-state index contributed by atoms with van der Waals surface area (Å²) in [7, 11) is 1.88. The van der Waals surface area contributed by atoms with Crippen LogP contribution in [0.15, 0.2) is 48.7 Å². The van der Waals surface area contributed by atoms with Crippen molar-refractivity contribution < 1.29 is 5.11 Å². The van der Waals surface area contributed by atoms with Crippen LogP contribution in [-0.4, -0.2) is 22.4 Å². The quantitative estimate of drug-likeness (QED) is 0.635. The Morgan fingerprint density at radius 2 is 1.87 bits per heavy atom. The van der Waals surface area contributed by atoms with Crippen LogP contribution in [0.25, 0.3) is 11.3 Å². The molecule has 4 nitrogen and oxygen atoms in total. The van der Waals surface area contributed by atoms with Gasteiger partial charge in [-0.25, -0.2) is 0 Å². The first kappa shape index (κ1) is 14.7. The molecule has 0 radical (unpaired) electrons. The Labute approximate surface area is 135 Å². The third kappa shape index (κ3) is 3.19. The number of H-pyrrole nitrogens is 1. The number of anilines is 1. The summed E-state index contributed by atoms with van der Waals surface area (Å²) in [6.07, 6.45) is 1.67. The van der Waals surface area contributed by atoms with Gasteiger partial charge in [0, 0.05) is 23.9 Å². The molecule has 0 atom stereocenters. The van der Waals surface area contributed by atoms with E-state index in [4.69, 9.17) is 0 Å². The van der Waals surface area contributed by atoms with Gasteiger partial charge in [0.1, 0.15) is 5.75 Å². The van der Waals surface area contributed by atoms with Crippen LogP contribution in [0.3, 0.4) is 0 Å². The molecular formula is C19H17N3O. The van der Waals surface area contributed by atoms with E-state index in [0.29, 0.717) is 5.56 Å². The predicted octanol–water partition coefficient (Wildman–Crippen LogP) is 3.53. The maximum atomic E-state index is 10.1. The van der Waals surface area contributed by atoms with Crippen LogP contribution in [0, 0.1) is 18.8 Å². The summed E-state index contributed by atoms with van der Waals surface area (Å²) in [5, 5.41) is 20.1. The lowest BCUT2D eigenvalue weighted by atomic mass is 10.0. The number of aromatic nitrogens is 2. The van der Waals surface area contributed by atoms with Crippen LogP contribution in [0.2, 0.25) is 0 Å². The fraction of sp³-hybridized carbons (Fsp3) is 0.105. The van der Waals surface area contributed by atoms with Crippen molar-refractivity contribution in [2.75, 3.05) is 12.4 Å². The highest BCUT2D eigenvalue weighted by Crippen LogP contribution is 2.30. The van der Waals surface area contributed by atoms with E-state index in [0.717, 1.165) is 28.1 Å². The minimum Gasteiger partial charge on any atom is -0.507 e. The molecule has 0 spiro atoms. The van der Waals surface area contributed by atoms with Gasteiger partial charge in [-0.3, -0.25) is 5.10 Å². The van der Waals surface area contributed by atoms with Crippen molar-refractivity contribution in [3.05, 3.63) is 65.4 Å². The minimum atomic E-state index is 0.210. The van der Waals surface area contributed by atoms with Crippen molar-refractivity contribution in [1.82, 2.24) is 10.2 Å². The number of aromatic amines is 1. The molecule has 3 rings (SSSR count). The molecule has 0 amide bonds. The van der Waals surface area contributed by atoms with Gasteiger partial charge < -0.3 is 10.4 Å². The average Bonchev–Trinajstić information content (AvgIpc) is 3.04. The van der Waals surface area contributed by atoms with Gasteiger partial charge in [0.25, 0.3) is 0 Å². The highest BCUT2D eigenvalue weighted by molar-refractivity contribution is 5.73. The standard InChI is InChI=1S/C19H17N3O/c1-13-3-10-18(23)17(11-13)19-15(12-21-22-19)7-4-14-5-8-16(20-2)9-6-14/h3,5-6,8-12,20,23H,1-2H3,(H,21,22). The number of aryl methyl sites for hydroxylation is 1. The van der Waals surface area contributed by atoms with Gasteiger partial charge in [-0.05, 0) is 43.3 Å². The van der Waals surface area contributed by atoms with E-state index in [1.807, 2.05) is 50.4 Å². The van der Waals surface area contributed by atoms with Crippen molar-refractivity contribution in [3.63, 3.8) is 0 Å². The molecule has 0 fully saturated rings. The number of rotatable bonds is 2. The number of phenolic OH excluding ortho intramolecular Hbond substituents is 1. The Hall–Kier alpha value is -3.19. The average molecular weight is 303 g/mol. The van der Waals surface area contributed by atoms with Gasteiger partial charge in [-0.2, -0.15) is 5.10 Å². The van der Waals surface area contributed by atoms with Gasteiger partial charge in [-0.1, -0.05) is 23.5 Å². The first-order valence-electron chi connectivity index (χ1n) is 7.30. The van der Waals surface area contributed by atoms with Gasteiger partial charge in [0.05, 0.1) is 17.5 Å². The zero-order valence-electron chi connectivity index (χ0n) is 13.0. The molecule has 1 heterocycles. The summed E-state index contributed by atoms with van der Waals surface area (Å²) in [4.78, 5) is 0. The normalized spacial score (nSPS) is 10.0. The fourth-order valence-corrected chi connectivity index (χ4v) is 2.30. The molecule has 3 N–H and O–H groups in total. The number of nitrogens with zero attached hydrogens (tertiary/aromatic N) is 1. The molecular weight excluding hydrogens is 286 g/mol. The molecule has 0 saturated heterocycles. The number of hydrogen-bond acceptors (Lipinski definition) is 3. The third-order valence-corrected chi connectivity index (χ3v) is 3.58. The van der Waals surface area contributed by atoms with Crippen molar-refractivity contribution >= 4 is 5.69 Å². The first-order valence-corrected chi connectivity index (χ1v) is 7.30. The van der Waals surface area contributed by atoms with Gasteiger partial charge in [0.2, 0.25) is 0 Å². The van der Waals surface area contributed by atoms with Crippen LogP contribution in [0.4, 0.5) is 5.69 Å². The van der Waals surface area contributed by atoms with E-state index in [-0.39, 0.29) is 5.75 Å². The van der Waals surface area contributed by atoms with Gasteiger partial charge in [-0.15, -0.1) is 0 Å². The van der Waals surface area contributed by atoms with Gasteiger partial charge in [0.15, 0.2) is 0 Å². The van der Waals surface area contributed by atoms with E-state index in [9.17, 15) is 5.11 Å². The summed E-state index contributed by atoms with van der Waals surface area (Å²) in [5.41, 5.74) is 5.22. The minimum absolute atomic E-state index is 0.210. The van der Waals surface area contributed by atoms with E-state index in [1.165, 1.54) is 0 Å². The number of benzene rings is 2. The van der Waals surface area contributed by atoms with Crippen LogP contribution in [-0.2, 0) is 0 Å². The monoisotopic (exact) mass is 303 g/mol. The molecule has 114 valence electrons. The molecule has 0 bridgehead atoms. The first-order chi connectivity index (χ1) is 11.2. The Balaban J connectivity index is 1.95. The predicted molar refractivity (Wildman–Crippen MR) is 92.4 cm³/mol. The second-order valence-electron chi connectivity index (χ2n) is 5.26. The zero-order valence-corrected chi connectivity index (χ0v) is 13.0. The third-order valence-electron chi connectivity index (χ3n) is 3.58. The van der Waals surface area contributed by atoms with E-state index in [1.54, 1.807) is 12.3 Å². The van der Waals surface area contributed by atoms with Crippen molar-refractivity contribution in [2.24, 2.45) is 0 Å². The summed E-state index contributed by atoms with van der Waals surface area (Å²) in [6.45, 7) is 1.98. The van der Waals surface area contributed by atoms with Crippen LogP contribution >= 0.6 is 0 Å². The SMILES string of the molecule is CNc1ccc(C#Cc2cn[nH]c2-c2cc(C)ccc2O)cc1. The molecule has 4 heteroatoms. The van der Waals surface area contributed by atoms with Crippen LogP contribution in [0.1, 0.15) is 16.7 Å². The highest BCUT2D eigenvalue weighted by atomic mass is 16.3. The molecule has 23 heavy (non-hydrogen) atoms. The highest BCUT2D eigenvalue weighted by Gasteiger charge is 2.10. The Bertz CT molecular complexity index is 883. The number of aromatic hydroxyl groups is 1. The van der Waals surface area contributed by atoms with E-state index >= 15 is 0 Å². The second-order valence-corrected chi connectivity index (χ2v) is 5.26. The summed E-state index contributed by atoms with van der Waals surface area (Å²) >= 11 is 0. The fourth-order valence-electron chi connectivity index (χ4n) is 2.30. The summed E-state index contributed by atoms with van der Waals surface area (Å²) in [6, 6.07) is 13.3. The Morgan fingerprint density at radius 1 is 1.09 bits per heavy atom. The van der Waals surface area contributed by atoms with Crippen LogP contribution < -0.4 is 5.32 Å². The van der Waals surface area contributed by atoms with Gasteiger partial charge >= 0.3 is 0 Å². The topological polar surface area (TPSA) is 60.9 Å². The lowest BCUT2D eigenvalue weighted by molar-refractivity contribution is 0.477. The maximum absolute atomic E-state index is 10.1. The van der Waals surface area contributed by atoms with Crippen molar-refractivity contribution in [2.45, 2.75) is 6.92 Å². The lowest BCUT2D eigenvalue weighted by Gasteiger charge is -2.04. The number of hydrogen-bond donors (Lipinski definition) is 3. The van der Waals surface area contributed by atoms with E-state index < -0.39 is 0 Å². The van der Waals surface area contributed by atoms with E-state index in [2.05, 4.69) is 27.4 Å². The summed E-state index contributed by atoms with van der Waals surface area (Å²) in [5.74, 6) is 6.45. The number of phenols is 1. The van der Waals surface area contributed by atoms with Crippen LogP contribution in [0.5, 0.6) is 5.75 Å². The Morgan fingerprint density at radius 3 is 2.61 bits per heavy atom. The lowest BCUT2D eigenvalue weighted by Crippen LogP contribution is -1.87. The van der Waals surface area contributed by atoms with Crippen molar-refractivity contribution in [3.8, 4) is 28.8 Å². The molecule has 0 aliphatic rings. The Kier molecular flexibility index (Phi) is 4.03. The second kappa shape index (κ2) is 6.29. The molecule has 0 unspecified atom stereocenters. The summed E-state index contributed by atoms with van der Waals surface area (Å²) < 4.78 is 0. The maximum Gasteiger partial charge on any atom is 0.125 e. The molecule has 0 aliphatic carbocycles. The molecule has 2 aromatic carbocycles. The zero-order chi connectivity index (χ0) is 16.2.